The van der Waals surface area contributed by atoms with Gasteiger partial charge in [0, 0.05) is 26.1 Å². The third-order valence-corrected chi connectivity index (χ3v) is 4.77. The molecule has 0 spiro atoms. The Balaban J connectivity index is 1.98. The average molecular weight is 409 g/mol. The molecule has 8 heteroatoms. The summed E-state index contributed by atoms with van der Waals surface area (Å²) >= 11 is 3.25. The molecule has 3 rings (SSSR count). The van der Waals surface area contributed by atoms with Crippen molar-refractivity contribution in [3.63, 3.8) is 0 Å². The van der Waals surface area contributed by atoms with Crippen LogP contribution in [0.5, 0.6) is 0 Å². The fourth-order valence-electron chi connectivity index (χ4n) is 3.28. The van der Waals surface area contributed by atoms with Crippen molar-refractivity contribution in [2.24, 2.45) is 0 Å². The number of hydrogen-bond acceptors (Lipinski definition) is 4. The summed E-state index contributed by atoms with van der Waals surface area (Å²) in [7, 11) is 0. The van der Waals surface area contributed by atoms with Gasteiger partial charge >= 0.3 is 0 Å². The topological polar surface area (TPSA) is 65.5 Å². The molecule has 2 aliphatic rings. The van der Waals surface area contributed by atoms with E-state index < -0.39 is 17.7 Å². The van der Waals surface area contributed by atoms with Crippen molar-refractivity contribution in [1.29, 1.82) is 0 Å². The molecular formula is C17H18BrFN4O2. The molecule has 0 aliphatic carbocycles. The van der Waals surface area contributed by atoms with Gasteiger partial charge in [0.2, 0.25) is 5.91 Å². The number of anilines is 1. The minimum Gasteiger partial charge on any atom is -0.343 e. The number of carbonyl (C=O) groups excluding carboxylic acids is 2. The first kappa shape index (κ1) is 17.6. The van der Waals surface area contributed by atoms with Crippen LogP contribution in [0.1, 0.15) is 13.3 Å². The zero-order valence-electron chi connectivity index (χ0n) is 13.7. The molecule has 1 aromatic rings. The number of likely N-dealkylation sites (tertiary alicyclic amines) is 1. The minimum absolute atomic E-state index is 0.0927. The monoisotopic (exact) mass is 408 g/mol. The van der Waals surface area contributed by atoms with Gasteiger partial charge in [-0.25, -0.2) is 9.37 Å². The first-order valence-corrected chi connectivity index (χ1v) is 8.69. The van der Waals surface area contributed by atoms with E-state index in [0.717, 1.165) is 0 Å². The van der Waals surface area contributed by atoms with Crippen LogP contribution in [-0.2, 0) is 9.59 Å². The summed E-state index contributed by atoms with van der Waals surface area (Å²) in [5.41, 5.74) is -1.42. The standard InChI is InChI=1S/C17H18BrFN4O2/c1-12(24)23-11-13(19)10-17(23,22-8-3-2-4-9-22)16(25)21-15-7-5-6-14(18)20-15/h2-8,13H,9-11H2,1H3,(H,20,21,25). The molecular weight excluding hydrogens is 391 g/mol. The highest BCUT2D eigenvalue weighted by molar-refractivity contribution is 9.10. The fraction of sp³-hybridized carbons (Fsp3) is 0.353. The fourth-order valence-corrected chi connectivity index (χ4v) is 3.62. The van der Waals surface area contributed by atoms with Gasteiger partial charge in [-0.1, -0.05) is 18.2 Å². The quantitative estimate of drug-likeness (QED) is 0.780. The largest absolute Gasteiger partial charge is 0.343 e. The number of nitrogens with zero attached hydrogens (tertiary/aromatic N) is 3. The Hall–Kier alpha value is -2.22. The average Bonchev–Trinajstić information content (AvgIpc) is 2.95. The van der Waals surface area contributed by atoms with Crippen LogP contribution in [0.3, 0.4) is 0 Å². The summed E-state index contributed by atoms with van der Waals surface area (Å²) in [6.07, 6.45) is 5.81. The van der Waals surface area contributed by atoms with Crippen LogP contribution < -0.4 is 5.32 Å². The molecule has 1 aromatic heterocycles. The van der Waals surface area contributed by atoms with E-state index in [1.807, 2.05) is 12.2 Å². The van der Waals surface area contributed by atoms with Crippen molar-refractivity contribution >= 4 is 33.6 Å². The maximum atomic E-state index is 14.3. The Morgan fingerprint density at radius 1 is 1.40 bits per heavy atom. The summed E-state index contributed by atoms with van der Waals surface area (Å²) in [5, 5.41) is 2.73. The van der Waals surface area contributed by atoms with E-state index in [1.165, 1.54) is 11.8 Å². The van der Waals surface area contributed by atoms with Crippen LogP contribution in [0.25, 0.3) is 0 Å². The number of carbonyl (C=O) groups is 2. The molecule has 25 heavy (non-hydrogen) atoms. The number of halogens is 2. The van der Waals surface area contributed by atoms with Gasteiger partial charge in [0.15, 0.2) is 5.66 Å². The van der Waals surface area contributed by atoms with Crippen molar-refractivity contribution in [1.82, 2.24) is 14.8 Å². The number of aromatic nitrogens is 1. The zero-order valence-corrected chi connectivity index (χ0v) is 15.2. The summed E-state index contributed by atoms with van der Waals surface area (Å²) in [4.78, 5) is 32.5. The van der Waals surface area contributed by atoms with Gasteiger partial charge in [0.25, 0.3) is 5.91 Å². The first-order chi connectivity index (χ1) is 11.9. The van der Waals surface area contributed by atoms with Crippen LogP contribution in [-0.4, -0.2) is 51.5 Å². The molecule has 2 atom stereocenters. The number of hydrogen-bond donors (Lipinski definition) is 1. The third kappa shape index (κ3) is 3.30. The van der Waals surface area contributed by atoms with E-state index in [9.17, 15) is 14.0 Å². The van der Waals surface area contributed by atoms with Gasteiger partial charge in [-0.2, -0.15) is 0 Å². The molecule has 2 aliphatic heterocycles. The molecule has 0 radical (unpaired) electrons. The van der Waals surface area contributed by atoms with E-state index in [4.69, 9.17) is 0 Å². The van der Waals surface area contributed by atoms with Gasteiger partial charge in [0.05, 0.1) is 6.54 Å². The van der Waals surface area contributed by atoms with Crippen LogP contribution in [0, 0.1) is 0 Å². The van der Waals surface area contributed by atoms with Gasteiger partial charge < -0.3 is 15.1 Å². The first-order valence-electron chi connectivity index (χ1n) is 7.90. The molecule has 6 nitrogen and oxygen atoms in total. The number of alkyl halides is 1. The van der Waals surface area contributed by atoms with E-state index >= 15 is 0 Å². The van der Waals surface area contributed by atoms with Crippen LogP contribution in [0.2, 0.25) is 0 Å². The van der Waals surface area contributed by atoms with Crippen LogP contribution in [0.15, 0.2) is 47.2 Å². The summed E-state index contributed by atoms with van der Waals surface area (Å²) < 4.78 is 14.8. The lowest BCUT2D eigenvalue weighted by molar-refractivity contribution is -0.150. The number of pyridine rings is 1. The molecule has 0 bridgehead atoms. The lowest BCUT2D eigenvalue weighted by atomic mass is 10.0. The number of amides is 2. The van der Waals surface area contributed by atoms with Gasteiger partial charge in [-0.05, 0) is 34.1 Å². The number of allylic oxidation sites excluding steroid dienone is 2. The molecule has 1 fully saturated rings. The maximum absolute atomic E-state index is 14.3. The second-order valence-corrected chi connectivity index (χ2v) is 6.78. The lowest BCUT2D eigenvalue weighted by Gasteiger charge is -2.44. The Morgan fingerprint density at radius 3 is 2.84 bits per heavy atom. The second kappa shape index (κ2) is 6.95. The van der Waals surface area contributed by atoms with E-state index in [0.29, 0.717) is 17.0 Å². The van der Waals surface area contributed by atoms with E-state index in [-0.39, 0.29) is 18.9 Å². The van der Waals surface area contributed by atoms with Gasteiger partial charge in [-0.3, -0.25) is 9.59 Å². The molecule has 1 N–H and O–H groups in total. The Morgan fingerprint density at radius 2 is 2.20 bits per heavy atom. The number of nitrogens with one attached hydrogen (secondary N) is 1. The van der Waals surface area contributed by atoms with Crippen molar-refractivity contribution < 1.29 is 14.0 Å². The maximum Gasteiger partial charge on any atom is 0.272 e. The van der Waals surface area contributed by atoms with E-state index in [2.05, 4.69) is 26.2 Å². The molecule has 3 heterocycles. The van der Waals surface area contributed by atoms with Crippen LogP contribution in [0.4, 0.5) is 10.2 Å². The van der Waals surface area contributed by atoms with Crippen molar-refractivity contribution in [3.05, 3.63) is 47.2 Å². The van der Waals surface area contributed by atoms with E-state index in [1.54, 1.807) is 35.4 Å². The Kier molecular flexibility index (Phi) is 4.89. The van der Waals surface area contributed by atoms with Gasteiger partial charge in [0.1, 0.15) is 16.6 Å². The van der Waals surface area contributed by atoms with Crippen molar-refractivity contribution in [2.45, 2.75) is 25.2 Å². The predicted molar refractivity (Wildman–Crippen MR) is 95.2 cm³/mol. The molecule has 1 saturated heterocycles. The predicted octanol–water partition coefficient (Wildman–Crippen LogP) is 2.45. The third-order valence-electron chi connectivity index (χ3n) is 4.32. The SMILES string of the molecule is CC(=O)N1CC(F)CC1(C(=O)Nc1cccc(Br)n1)N1C=CC=CC1. The highest BCUT2D eigenvalue weighted by atomic mass is 79.9. The van der Waals surface area contributed by atoms with Crippen LogP contribution >= 0.6 is 15.9 Å². The molecule has 0 saturated carbocycles. The second-order valence-electron chi connectivity index (χ2n) is 5.97. The molecule has 0 aromatic carbocycles. The molecule has 2 unspecified atom stereocenters. The lowest BCUT2D eigenvalue weighted by Crippen LogP contribution is -2.64. The minimum atomic E-state index is -1.42. The highest BCUT2D eigenvalue weighted by Gasteiger charge is 2.56. The Labute approximate surface area is 153 Å². The zero-order chi connectivity index (χ0) is 18.0. The van der Waals surface area contributed by atoms with Crippen molar-refractivity contribution in [2.75, 3.05) is 18.4 Å². The molecule has 2 amide bonds. The van der Waals surface area contributed by atoms with Crippen molar-refractivity contribution in [3.8, 4) is 0 Å². The Bertz CT molecular complexity index is 754. The summed E-state index contributed by atoms with van der Waals surface area (Å²) in [6, 6.07) is 5.11. The summed E-state index contributed by atoms with van der Waals surface area (Å²) in [5.74, 6) is -0.491. The highest BCUT2D eigenvalue weighted by Crippen LogP contribution is 2.37. The smallest absolute Gasteiger partial charge is 0.272 e. The normalized spacial score (nSPS) is 25.3. The molecule has 132 valence electrons. The van der Waals surface area contributed by atoms with Gasteiger partial charge in [-0.15, -0.1) is 0 Å². The summed E-state index contributed by atoms with van der Waals surface area (Å²) in [6.45, 7) is 1.65. The number of rotatable bonds is 3.